The molecule has 1 saturated carbocycles. The van der Waals surface area contributed by atoms with E-state index in [1.54, 1.807) is 19.9 Å². The van der Waals surface area contributed by atoms with E-state index in [0.29, 0.717) is 11.4 Å². The second-order valence-corrected chi connectivity index (χ2v) is 7.56. The molecule has 0 unspecified atom stereocenters. The second-order valence-electron chi connectivity index (χ2n) is 7.56. The smallest absolute Gasteiger partial charge is 0.277 e. The summed E-state index contributed by atoms with van der Waals surface area (Å²) >= 11 is 0. The van der Waals surface area contributed by atoms with E-state index in [1.165, 1.54) is 18.2 Å². The van der Waals surface area contributed by atoms with Gasteiger partial charge in [-0.1, -0.05) is 36.4 Å². The molecule has 2 aromatic carbocycles. The molecule has 1 aliphatic carbocycles. The van der Waals surface area contributed by atoms with Gasteiger partial charge in [0.2, 0.25) is 11.8 Å². The van der Waals surface area contributed by atoms with Gasteiger partial charge in [-0.15, -0.1) is 0 Å². The van der Waals surface area contributed by atoms with Crippen molar-refractivity contribution in [3.8, 4) is 0 Å². The molecule has 0 spiro atoms. The molecular weight excluding hydrogens is 385 g/mol. The molecule has 0 radical (unpaired) electrons. The van der Waals surface area contributed by atoms with Gasteiger partial charge in [-0.3, -0.25) is 9.59 Å². The van der Waals surface area contributed by atoms with E-state index >= 15 is 0 Å². The Bertz CT molecular complexity index is 1090. The summed E-state index contributed by atoms with van der Waals surface area (Å²) in [5.74, 6) is -0.468. The van der Waals surface area contributed by atoms with Crippen LogP contribution in [0, 0.1) is 12.7 Å². The Kier molecular flexibility index (Phi) is 5.11. The zero-order valence-electron chi connectivity index (χ0n) is 16.7. The lowest BCUT2D eigenvalue weighted by atomic mass is 9.95. The number of amides is 2. The molecule has 30 heavy (non-hydrogen) atoms. The predicted molar refractivity (Wildman–Crippen MR) is 110 cm³/mol. The molecule has 2 amide bonds. The molecule has 154 valence electrons. The number of benzene rings is 2. The van der Waals surface area contributed by atoms with Crippen molar-refractivity contribution in [2.75, 3.05) is 5.32 Å². The van der Waals surface area contributed by atoms with Crippen LogP contribution < -0.4 is 10.6 Å². The molecule has 1 atom stereocenters. The van der Waals surface area contributed by atoms with Crippen LogP contribution in [-0.2, 0) is 10.2 Å². The summed E-state index contributed by atoms with van der Waals surface area (Å²) in [6, 6.07) is 14.8. The molecule has 3 aromatic rings. The van der Waals surface area contributed by atoms with Crippen LogP contribution in [0.25, 0.3) is 0 Å². The normalized spacial score (nSPS) is 15.3. The first-order valence-corrected chi connectivity index (χ1v) is 9.80. The van der Waals surface area contributed by atoms with Crippen molar-refractivity contribution in [2.45, 2.75) is 38.1 Å². The first-order chi connectivity index (χ1) is 14.4. The van der Waals surface area contributed by atoms with Crippen LogP contribution in [-0.4, -0.2) is 16.8 Å². The van der Waals surface area contributed by atoms with Crippen molar-refractivity contribution >= 4 is 17.5 Å². The lowest BCUT2D eigenvalue weighted by Gasteiger charge is -2.18. The zero-order chi connectivity index (χ0) is 21.3. The van der Waals surface area contributed by atoms with Gasteiger partial charge in [-0.25, -0.2) is 9.37 Å². The van der Waals surface area contributed by atoms with Crippen molar-refractivity contribution < 1.29 is 18.4 Å². The maximum atomic E-state index is 13.3. The average Bonchev–Trinajstić information content (AvgIpc) is 3.45. The fourth-order valence-electron chi connectivity index (χ4n) is 3.49. The highest BCUT2D eigenvalue weighted by Crippen LogP contribution is 2.48. The maximum Gasteiger partial charge on any atom is 0.277 e. The van der Waals surface area contributed by atoms with Crippen molar-refractivity contribution in [2.24, 2.45) is 0 Å². The maximum absolute atomic E-state index is 13.3. The van der Waals surface area contributed by atoms with Crippen LogP contribution in [0.5, 0.6) is 0 Å². The topological polar surface area (TPSA) is 84.2 Å². The van der Waals surface area contributed by atoms with Crippen LogP contribution in [0.4, 0.5) is 10.1 Å². The zero-order valence-corrected chi connectivity index (χ0v) is 16.7. The molecular formula is C23H22FN3O3. The Morgan fingerprint density at radius 1 is 1.13 bits per heavy atom. The Morgan fingerprint density at radius 3 is 2.53 bits per heavy atom. The minimum Gasteiger partial charge on any atom is -0.443 e. The number of hydrogen-bond donors (Lipinski definition) is 2. The number of hydrogen-bond acceptors (Lipinski definition) is 4. The lowest BCUT2D eigenvalue weighted by molar-refractivity contribution is -0.124. The molecule has 4 rings (SSSR count). The number of nitrogens with one attached hydrogen (secondary N) is 2. The van der Waals surface area contributed by atoms with E-state index in [2.05, 4.69) is 15.6 Å². The number of aryl methyl sites for hydroxylation is 1. The first-order valence-electron chi connectivity index (χ1n) is 9.80. The van der Waals surface area contributed by atoms with Gasteiger partial charge in [-0.05, 0) is 50.5 Å². The molecule has 0 bridgehead atoms. The molecule has 6 nitrogen and oxygen atoms in total. The summed E-state index contributed by atoms with van der Waals surface area (Å²) in [5.41, 5.74) is 0.909. The van der Waals surface area contributed by atoms with E-state index < -0.39 is 23.2 Å². The Balaban J connectivity index is 1.46. The van der Waals surface area contributed by atoms with Crippen LogP contribution in [0.2, 0.25) is 0 Å². The number of carbonyl (C=O) groups is 2. The quantitative estimate of drug-likeness (QED) is 0.639. The number of halogens is 1. The summed E-state index contributed by atoms with van der Waals surface area (Å²) in [6.07, 6.45) is 1.59. The molecule has 1 heterocycles. The standard InChI is InChI=1S/C23H22FN3O3/c1-14(25-22(29)23(11-12-23)16-7-4-3-5-8-16)21-27-19(15(2)30-21)20(28)26-18-10-6-9-17(24)13-18/h3-10,13-14H,11-12H2,1-2H3,(H,25,29)(H,26,28)/t14-/m0/s1. The fraction of sp³-hybridized carbons (Fsp3) is 0.261. The van der Waals surface area contributed by atoms with Gasteiger partial charge in [0, 0.05) is 5.69 Å². The van der Waals surface area contributed by atoms with Gasteiger partial charge < -0.3 is 15.1 Å². The number of nitrogens with zero attached hydrogens (tertiary/aromatic N) is 1. The van der Waals surface area contributed by atoms with Crippen molar-refractivity contribution in [1.29, 1.82) is 0 Å². The van der Waals surface area contributed by atoms with Gasteiger partial charge in [0.1, 0.15) is 17.6 Å². The van der Waals surface area contributed by atoms with Gasteiger partial charge >= 0.3 is 0 Å². The number of carbonyl (C=O) groups excluding carboxylic acids is 2. The average molecular weight is 407 g/mol. The monoisotopic (exact) mass is 407 g/mol. The molecule has 2 N–H and O–H groups in total. The third-order valence-corrected chi connectivity index (χ3v) is 5.34. The largest absolute Gasteiger partial charge is 0.443 e. The van der Waals surface area contributed by atoms with Gasteiger partial charge in [0.25, 0.3) is 5.91 Å². The number of rotatable bonds is 6. The fourth-order valence-corrected chi connectivity index (χ4v) is 3.49. The first kappa shape index (κ1) is 19.8. The van der Waals surface area contributed by atoms with E-state index in [-0.39, 0.29) is 17.5 Å². The third-order valence-electron chi connectivity index (χ3n) is 5.34. The van der Waals surface area contributed by atoms with E-state index in [4.69, 9.17) is 4.42 Å². The Hall–Kier alpha value is -3.48. The summed E-state index contributed by atoms with van der Waals surface area (Å²) in [5, 5.41) is 5.56. The molecule has 7 heteroatoms. The molecule has 0 aliphatic heterocycles. The summed E-state index contributed by atoms with van der Waals surface area (Å²) in [4.78, 5) is 29.7. The Morgan fingerprint density at radius 2 is 1.87 bits per heavy atom. The number of oxazole rings is 1. The summed E-state index contributed by atoms with van der Waals surface area (Å²) < 4.78 is 19.0. The molecule has 0 saturated heterocycles. The highest BCUT2D eigenvalue weighted by atomic mass is 19.1. The van der Waals surface area contributed by atoms with E-state index in [0.717, 1.165) is 18.4 Å². The molecule has 1 aliphatic rings. The number of aromatic nitrogens is 1. The van der Waals surface area contributed by atoms with E-state index in [1.807, 2.05) is 30.3 Å². The van der Waals surface area contributed by atoms with Gasteiger partial charge in [0.05, 0.1) is 5.41 Å². The van der Waals surface area contributed by atoms with Crippen LogP contribution in [0.1, 0.15) is 53.5 Å². The molecule has 1 fully saturated rings. The van der Waals surface area contributed by atoms with Crippen LogP contribution in [0.3, 0.4) is 0 Å². The van der Waals surface area contributed by atoms with Crippen LogP contribution >= 0.6 is 0 Å². The lowest BCUT2D eigenvalue weighted by Crippen LogP contribution is -2.36. The third kappa shape index (κ3) is 3.83. The highest BCUT2D eigenvalue weighted by molar-refractivity contribution is 6.03. The minimum absolute atomic E-state index is 0.0807. The van der Waals surface area contributed by atoms with Gasteiger partial charge in [0.15, 0.2) is 5.69 Å². The highest BCUT2D eigenvalue weighted by Gasteiger charge is 2.51. The summed E-state index contributed by atoms with van der Waals surface area (Å²) in [6.45, 7) is 3.39. The van der Waals surface area contributed by atoms with Crippen LogP contribution in [0.15, 0.2) is 59.0 Å². The number of anilines is 1. The van der Waals surface area contributed by atoms with Gasteiger partial charge in [-0.2, -0.15) is 0 Å². The predicted octanol–water partition coefficient (Wildman–Crippen LogP) is 4.28. The minimum atomic E-state index is -0.506. The SMILES string of the molecule is Cc1oc([C@H](C)NC(=O)C2(c3ccccc3)CC2)nc1C(=O)Nc1cccc(F)c1. The second kappa shape index (κ2) is 7.74. The van der Waals surface area contributed by atoms with Crippen molar-refractivity contribution in [3.63, 3.8) is 0 Å². The Labute approximate surface area is 173 Å². The van der Waals surface area contributed by atoms with E-state index in [9.17, 15) is 14.0 Å². The van der Waals surface area contributed by atoms with Crippen molar-refractivity contribution in [3.05, 3.63) is 83.3 Å². The van der Waals surface area contributed by atoms with Crippen molar-refractivity contribution in [1.82, 2.24) is 10.3 Å². The molecule has 1 aromatic heterocycles. The summed E-state index contributed by atoms with van der Waals surface area (Å²) in [7, 11) is 0.